The van der Waals surface area contributed by atoms with Gasteiger partial charge >= 0.3 is 0 Å². The van der Waals surface area contributed by atoms with Crippen LogP contribution in [0.25, 0.3) is 11.0 Å². The van der Waals surface area contributed by atoms with E-state index in [1.54, 1.807) is 25.2 Å². The van der Waals surface area contributed by atoms with E-state index in [2.05, 4.69) is 15.3 Å². The van der Waals surface area contributed by atoms with Gasteiger partial charge in [-0.25, -0.2) is 19.1 Å². The van der Waals surface area contributed by atoms with Crippen molar-refractivity contribution in [2.75, 3.05) is 44.2 Å². The maximum absolute atomic E-state index is 12.9. The molecular formula is C28H43ClN8O5P+. The molecule has 2 amide bonds. The number of nitrogen functional groups attached to an aromatic ring is 2. The number of halogens is 1. The molecule has 0 saturated carbocycles. The number of ether oxygens (including phenoxy) is 1. The monoisotopic (exact) mass is 637 g/mol. The molecule has 1 aromatic carbocycles. The van der Waals surface area contributed by atoms with Crippen LogP contribution in [0.4, 0.5) is 11.6 Å². The molecule has 236 valence electrons. The smallest absolute Gasteiger partial charge is 0.277 e. The minimum Gasteiger partial charge on any atom is -0.492 e. The van der Waals surface area contributed by atoms with Gasteiger partial charge in [-0.15, -0.1) is 0 Å². The normalized spacial score (nSPS) is 12.5. The van der Waals surface area contributed by atoms with Crippen LogP contribution < -0.4 is 26.1 Å². The molecule has 0 fully saturated rings. The fraction of sp³-hybridized carbons (Fsp3) is 0.536. The first kappa shape index (κ1) is 34.1. The quantitative estimate of drug-likeness (QED) is 0.152. The third kappa shape index (κ3) is 9.04. The van der Waals surface area contributed by atoms with E-state index in [-0.39, 0.29) is 60.3 Å². The minimum absolute atomic E-state index is 0.0477. The molecule has 43 heavy (non-hydrogen) atoms. The molecule has 0 radical (unpaired) electrons. The van der Waals surface area contributed by atoms with Crippen molar-refractivity contribution in [2.24, 2.45) is 5.92 Å². The number of benzene rings is 1. The van der Waals surface area contributed by atoms with Crippen molar-refractivity contribution < 1.29 is 28.6 Å². The molecular weight excluding hydrogens is 595 g/mol. The summed E-state index contributed by atoms with van der Waals surface area (Å²) in [6.07, 6.45) is -0.111. The molecule has 0 saturated heterocycles. The van der Waals surface area contributed by atoms with Crippen molar-refractivity contribution in [2.45, 2.75) is 59.9 Å². The van der Waals surface area contributed by atoms with Crippen LogP contribution in [-0.2, 0) is 29.0 Å². The van der Waals surface area contributed by atoms with E-state index in [1.807, 2.05) is 48.1 Å². The second-order valence-electron chi connectivity index (χ2n) is 11.4. The lowest BCUT2D eigenvalue weighted by molar-refractivity contribution is -0.676. The number of nitrogens with zero attached hydrogens (tertiary/aromatic N) is 5. The van der Waals surface area contributed by atoms with Gasteiger partial charge in [-0.1, -0.05) is 25.4 Å². The molecule has 1 atom stereocenters. The van der Waals surface area contributed by atoms with Gasteiger partial charge < -0.3 is 36.1 Å². The Labute approximate surface area is 256 Å². The van der Waals surface area contributed by atoms with Gasteiger partial charge in [0.05, 0.1) is 25.5 Å². The predicted molar refractivity (Wildman–Crippen MR) is 168 cm³/mol. The third-order valence-electron chi connectivity index (χ3n) is 6.52. The van der Waals surface area contributed by atoms with Gasteiger partial charge in [-0.2, -0.15) is 0 Å². The van der Waals surface area contributed by atoms with Crippen LogP contribution in [0.5, 0.6) is 5.75 Å². The Morgan fingerprint density at radius 2 is 1.91 bits per heavy atom. The molecule has 0 aliphatic heterocycles. The van der Waals surface area contributed by atoms with Crippen molar-refractivity contribution in [3.8, 4) is 5.75 Å². The molecule has 0 aliphatic carbocycles. The standard InChI is InChI=1S/C28H42ClN8O5P/c1-7-36-20-9-8-19(42-11-10-35(16-43(5,6)41)23(39)12-17(2)3)13-21(20)37(15-18(4)38)22(36)14-32-28(40)24-26(30)34-27(31)25(29)33-24/h8-9,13,17-18,38H,7,10-12,14-16H2,1-6H3,(H4-,30,31,32,34,40)/p+1/t18-/m0/s1. The average molecular weight is 638 g/mol. The molecule has 0 unspecified atom stereocenters. The van der Waals surface area contributed by atoms with Crippen LogP contribution in [0.3, 0.4) is 0 Å². The Kier molecular flexibility index (Phi) is 11.4. The van der Waals surface area contributed by atoms with Gasteiger partial charge in [0.25, 0.3) is 11.7 Å². The van der Waals surface area contributed by atoms with Gasteiger partial charge in [0.2, 0.25) is 5.91 Å². The predicted octanol–water partition coefficient (Wildman–Crippen LogP) is 2.70. The second-order valence-corrected chi connectivity index (χ2v) is 15.2. The van der Waals surface area contributed by atoms with Gasteiger partial charge in [0.15, 0.2) is 33.5 Å². The van der Waals surface area contributed by atoms with Gasteiger partial charge in [-0.3, -0.25) is 9.59 Å². The number of fused-ring (bicyclic) bond motifs is 1. The fourth-order valence-electron chi connectivity index (χ4n) is 4.76. The van der Waals surface area contributed by atoms with E-state index in [0.29, 0.717) is 25.3 Å². The number of imidazole rings is 1. The Morgan fingerprint density at radius 1 is 1.21 bits per heavy atom. The van der Waals surface area contributed by atoms with Crippen LogP contribution in [0, 0.1) is 5.92 Å². The third-order valence-corrected chi connectivity index (χ3v) is 7.82. The first-order chi connectivity index (χ1) is 20.1. The zero-order valence-corrected chi connectivity index (χ0v) is 27.3. The Hall–Kier alpha value is -3.41. The van der Waals surface area contributed by atoms with Gasteiger partial charge in [0, 0.05) is 12.5 Å². The topological polar surface area (TPSA) is 183 Å². The van der Waals surface area contributed by atoms with E-state index in [0.717, 1.165) is 16.9 Å². The van der Waals surface area contributed by atoms with Crippen molar-refractivity contribution in [3.63, 3.8) is 0 Å². The lowest BCUT2D eigenvalue weighted by Gasteiger charge is -2.25. The maximum atomic E-state index is 12.9. The van der Waals surface area contributed by atoms with Gasteiger partial charge in [0.1, 0.15) is 32.6 Å². The Morgan fingerprint density at radius 3 is 2.51 bits per heavy atom. The van der Waals surface area contributed by atoms with Crippen LogP contribution in [-0.4, -0.2) is 75.2 Å². The summed E-state index contributed by atoms with van der Waals surface area (Å²) in [6, 6.07) is 5.61. The SMILES string of the molecule is CC[n+]1c(CNC(=O)c2nc(Cl)c(N)nc2N)n(C[C@H](C)O)c2cc(OCCN(CP(C)(C)=O)C(=O)CC(C)C)ccc21. The number of hydrogen-bond donors (Lipinski definition) is 4. The molecule has 13 nitrogen and oxygen atoms in total. The van der Waals surface area contributed by atoms with E-state index >= 15 is 0 Å². The molecule has 0 aliphatic rings. The van der Waals surface area contributed by atoms with Crippen molar-refractivity contribution in [1.82, 2.24) is 24.8 Å². The molecule has 3 rings (SSSR count). The van der Waals surface area contributed by atoms with Crippen molar-refractivity contribution in [3.05, 3.63) is 34.9 Å². The van der Waals surface area contributed by atoms with Crippen LogP contribution in [0.1, 0.15) is 50.4 Å². The summed E-state index contributed by atoms with van der Waals surface area (Å²) in [5, 5.41) is 13.0. The maximum Gasteiger partial charge on any atom is 0.277 e. The number of nitrogens with one attached hydrogen (secondary N) is 1. The zero-order valence-electron chi connectivity index (χ0n) is 25.6. The highest BCUT2D eigenvalue weighted by atomic mass is 35.5. The van der Waals surface area contributed by atoms with E-state index in [4.69, 9.17) is 27.8 Å². The number of aliphatic hydroxyl groups excluding tert-OH is 1. The molecule has 15 heteroatoms. The minimum atomic E-state index is -2.47. The summed E-state index contributed by atoms with van der Waals surface area (Å²) in [5.41, 5.74) is 13.0. The molecule has 0 spiro atoms. The highest BCUT2D eigenvalue weighted by Gasteiger charge is 2.27. The van der Waals surface area contributed by atoms with Crippen LogP contribution >= 0.6 is 18.7 Å². The average Bonchev–Trinajstić information content (AvgIpc) is 3.18. The zero-order chi connectivity index (χ0) is 32.1. The number of rotatable bonds is 14. The number of hydrogen-bond acceptors (Lipinski definition) is 9. The molecule has 2 aromatic heterocycles. The van der Waals surface area contributed by atoms with E-state index in [1.165, 1.54) is 0 Å². The van der Waals surface area contributed by atoms with E-state index in [9.17, 15) is 19.3 Å². The summed E-state index contributed by atoms with van der Waals surface area (Å²) in [6.45, 7) is 12.4. The molecule has 2 heterocycles. The Balaban J connectivity index is 1.87. The first-order valence-corrected chi connectivity index (χ1v) is 17.3. The highest BCUT2D eigenvalue weighted by Crippen LogP contribution is 2.36. The lowest BCUT2D eigenvalue weighted by Crippen LogP contribution is -2.41. The lowest BCUT2D eigenvalue weighted by atomic mass is 10.1. The largest absolute Gasteiger partial charge is 0.492 e. The molecule has 6 N–H and O–H groups in total. The summed E-state index contributed by atoms with van der Waals surface area (Å²) >= 11 is 5.95. The first-order valence-electron chi connectivity index (χ1n) is 14.2. The number of anilines is 2. The molecule has 3 aromatic rings. The number of carbonyl (C=O) groups excluding carboxylic acids is 2. The number of carbonyl (C=O) groups is 2. The summed E-state index contributed by atoms with van der Waals surface area (Å²) < 4.78 is 22.5. The molecule has 0 bridgehead atoms. The number of aryl methyl sites for hydroxylation is 1. The number of amides is 2. The number of aliphatic hydroxyl groups is 1. The number of aromatic nitrogens is 4. The summed E-state index contributed by atoms with van der Waals surface area (Å²) in [4.78, 5) is 35.2. The highest BCUT2D eigenvalue weighted by molar-refractivity contribution is 7.62. The van der Waals surface area contributed by atoms with Gasteiger partial charge in [-0.05, 0) is 45.2 Å². The van der Waals surface area contributed by atoms with Crippen molar-refractivity contribution >= 4 is 53.2 Å². The number of nitrogens with two attached hydrogens (primary N) is 2. The fourth-order valence-corrected chi connectivity index (χ4v) is 6.01. The van der Waals surface area contributed by atoms with Crippen LogP contribution in [0.2, 0.25) is 5.15 Å². The summed E-state index contributed by atoms with van der Waals surface area (Å²) in [5.74, 6) is 0.652. The van der Waals surface area contributed by atoms with Crippen molar-refractivity contribution in [1.29, 1.82) is 0 Å². The second kappa shape index (κ2) is 14.4. The van der Waals surface area contributed by atoms with E-state index < -0.39 is 19.2 Å². The van der Waals surface area contributed by atoms with Crippen LogP contribution in [0.15, 0.2) is 18.2 Å². The summed E-state index contributed by atoms with van der Waals surface area (Å²) in [7, 11) is -2.47. The Bertz CT molecular complexity index is 1520.